The summed E-state index contributed by atoms with van der Waals surface area (Å²) in [4.78, 5) is 8.17. The summed E-state index contributed by atoms with van der Waals surface area (Å²) in [5, 5.41) is 0. The van der Waals surface area contributed by atoms with Gasteiger partial charge in [0.1, 0.15) is 17.9 Å². The minimum Gasteiger partial charge on any atom is -0.439 e. The number of anilines is 1. The Morgan fingerprint density at radius 1 is 1.19 bits per heavy atom. The maximum Gasteiger partial charge on any atom is 0.227 e. The monoisotopic (exact) mass is 286 g/mol. The van der Waals surface area contributed by atoms with Crippen molar-refractivity contribution < 1.29 is 4.74 Å². The first-order chi connectivity index (χ1) is 9.97. The van der Waals surface area contributed by atoms with E-state index in [0.29, 0.717) is 11.7 Å². The molecular formula is C16H22N4O. The first kappa shape index (κ1) is 15.3. The molecule has 2 rings (SSSR count). The van der Waals surface area contributed by atoms with Crippen LogP contribution in [0, 0.1) is 6.92 Å². The van der Waals surface area contributed by atoms with Crippen molar-refractivity contribution in [2.24, 2.45) is 5.84 Å². The van der Waals surface area contributed by atoms with Crippen LogP contribution in [0.3, 0.4) is 0 Å². The largest absolute Gasteiger partial charge is 0.439 e. The maximum atomic E-state index is 5.81. The number of rotatable bonds is 5. The predicted molar refractivity (Wildman–Crippen MR) is 84.4 cm³/mol. The van der Waals surface area contributed by atoms with Crippen LogP contribution in [-0.4, -0.2) is 9.97 Å². The molecule has 112 valence electrons. The third-order valence-corrected chi connectivity index (χ3v) is 3.91. The van der Waals surface area contributed by atoms with E-state index < -0.39 is 0 Å². The molecule has 1 aromatic carbocycles. The molecule has 0 fully saturated rings. The second-order valence-electron chi connectivity index (χ2n) is 5.66. The lowest BCUT2D eigenvalue weighted by atomic mass is 9.82. The van der Waals surface area contributed by atoms with Crippen LogP contribution in [0.2, 0.25) is 0 Å². The number of aromatic nitrogens is 2. The Balaban J connectivity index is 2.22. The van der Waals surface area contributed by atoms with Crippen LogP contribution in [-0.2, 0) is 5.41 Å². The highest BCUT2D eigenvalue weighted by molar-refractivity contribution is 5.47. The predicted octanol–water partition coefficient (Wildman–Crippen LogP) is 3.55. The number of hydrogen-bond acceptors (Lipinski definition) is 5. The van der Waals surface area contributed by atoms with Gasteiger partial charge in [-0.1, -0.05) is 32.9 Å². The standard InChI is InChI=1S/C16H22N4O/c1-5-16(3,4)12-6-8-13(9-7-12)21-15-11(2)14(20-17)18-10-19-15/h6-10H,5,17H2,1-4H3,(H,18,19,20). The van der Waals surface area contributed by atoms with Crippen molar-refractivity contribution in [1.29, 1.82) is 0 Å². The molecule has 5 heteroatoms. The molecule has 0 saturated carbocycles. The third-order valence-electron chi connectivity index (χ3n) is 3.91. The van der Waals surface area contributed by atoms with Gasteiger partial charge in [0.15, 0.2) is 0 Å². The summed E-state index contributed by atoms with van der Waals surface area (Å²) in [5.41, 5.74) is 4.76. The molecule has 0 aliphatic carbocycles. The van der Waals surface area contributed by atoms with Crippen LogP contribution in [0.4, 0.5) is 5.82 Å². The second-order valence-corrected chi connectivity index (χ2v) is 5.66. The quantitative estimate of drug-likeness (QED) is 0.649. The Bertz CT molecular complexity index is 608. The van der Waals surface area contributed by atoms with Crippen LogP contribution in [0.1, 0.15) is 38.3 Å². The van der Waals surface area contributed by atoms with Crippen molar-refractivity contribution in [3.05, 3.63) is 41.7 Å². The van der Waals surface area contributed by atoms with Crippen LogP contribution < -0.4 is 16.0 Å². The molecule has 1 heterocycles. The minimum atomic E-state index is 0.167. The highest BCUT2D eigenvalue weighted by Gasteiger charge is 2.17. The van der Waals surface area contributed by atoms with Gasteiger partial charge in [0.05, 0.1) is 5.56 Å². The number of nitrogens with zero attached hydrogens (tertiary/aromatic N) is 2. The Hall–Kier alpha value is -2.14. The number of nitrogens with one attached hydrogen (secondary N) is 1. The molecule has 5 nitrogen and oxygen atoms in total. The molecule has 0 amide bonds. The van der Waals surface area contributed by atoms with E-state index in [0.717, 1.165) is 17.7 Å². The molecule has 0 aliphatic heterocycles. The highest BCUT2D eigenvalue weighted by atomic mass is 16.5. The summed E-state index contributed by atoms with van der Waals surface area (Å²) in [6.45, 7) is 8.52. The molecule has 0 aliphatic rings. The summed E-state index contributed by atoms with van der Waals surface area (Å²) in [5.74, 6) is 7.21. The van der Waals surface area contributed by atoms with Gasteiger partial charge in [0.25, 0.3) is 0 Å². The van der Waals surface area contributed by atoms with Crippen LogP contribution in [0.25, 0.3) is 0 Å². The van der Waals surface area contributed by atoms with E-state index in [1.54, 1.807) is 0 Å². The average molecular weight is 286 g/mol. The fourth-order valence-corrected chi connectivity index (χ4v) is 1.97. The molecular weight excluding hydrogens is 264 g/mol. The zero-order valence-corrected chi connectivity index (χ0v) is 13.0. The SMILES string of the molecule is CCC(C)(C)c1ccc(Oc2ncnc(NN)c2C)cc1. The first-order valence-corrected chi connectivity index (χ1v) is 7.04. The number of hydrazine groups is 1. The van der Waals surface area contributed by atoms with Crippen LogP contribution in [0.15, 0.2) is 30.6 Å². The van der Waals surface area contributed by atoms with Gasteiger partial charge in [0.2, 0.25) is 5.88 Å². The van der Waals surface area contributed by atoms with Crippen LogP contribution >= 0.6 is 0 Å². The zero-order chi connectivity index (χ0) is 15.5. The molecule has 21 heavy (non-hydrogen) atoms. The van der Waals surface area contributed by atoms with Crippen molar-refractivity contribution >= 4 is 5.82 Å². The molecule has 0 atom stereocenters. The van der Waals surface area contributed by atoms with Gasteiger partial charge in [-0.2, -0.15) is 0 Å². The first-order valence-electron chi connectivity index (χ1n) is 7.04. The summed E-state index contributed by atoms with van der Waals surface area (Å²) in [6.07, 6.45) is 2.51. The van der Waals surface area contributed by atoms with Gasteiger partial charge in [-0.15, -0.1) is 0 Å². The summed E-state index contributed by atoms with van der Waals surface area (Å²) in [7, 11) is 0. The molecule has 0 radical (unpaired) electrons. The number of ether oxygens (including phenoxy) is 1. The van der Waals surface area contributed by atoms with Crippen molar-refractivity contribution in [2.45, 2.75) is 39.5 Å². The van der Waals surface area contributed by atoms with Gasteiger partial charge < -0.3 is 10.2 Å². The lowest BCUT2D eigenvalue weighted by Gasteiger charge is -2.23. The van der Waals surface area contributed by atoms with Gasteiger partial charge in [0, 0.05) is 0 Å². The van der Waals surface area contributed by atoms with E-state index >= 15 is 0 Å². The molecule has 0 spiro atoms. The van der Waals surface area contributed by atoms with Crippen molar-refractivity contribution in [3.8, 4) is 11.6 Å². The molecule has 1 aromatic heterocycles. The van der Waals surface area contributed by atoms with E-state index in [2.05, 4.69) is 48.3 Å². The normalized spacial score (nSPS) is 11.3. The number of nitrogens with two attached hydrogens (primary N) is 1. The summed E-state index contributed by atoms with van der Waals surface area (Å²) in [6, 6.07) is 8.11. The maximum absolute atomic E-state index is 5.81. The Labute approximate surface area is 125 Å². The van der Waals surface area contributed by atoms with E-state index in [1.165, 1.54) is 11.9 Å². The average Bonchev–Trinajstić information content (AvgIpc) is 2.50. The molecule has 3 N–H and O–H groups in total. The lowest BCUT2D eigenvalue weighted by molar-refractivity contribution is 0.455. The fourth-order valence-electron chi connectivity index (χ4n) is 1.97. The fraction of sp³-hybridized carbons (Fsp3) is 0.375. The number of nitrogen functional groups attached to an aromatic ring is 1. The summed E-state index contributed by atoms with van der Waals surface area (Å²) >= 11 is 0. The van der Waals surface area contributed by atoms with Crippen molar-refractivity contribution in [3.63, 3.8) is 0 Å². The topological polar surface area (TPSA) is 73.1 Å². The van der Waals surface area contributed by atoms with E-state index in [1.807, 2.05) is 19.1 Å². The van der Waals surface area contributed by atoms with E-state index in [9.17, 15) is 0 Å². The molecule has 0 unspecified atom stereocenters. The molecule has 0 bridgehead atoms. The Kier molecular flexibility index (Phi) is 4.43. The van der Waals surface area contributed by atoms with E-state index in [4.69, 9.17) is 10.6 Å². The van der Waals surface area contributed by atoms with Crippen molar-refractivity contribution in [1.82, 2.24) is 9.97 Å². The summed E-state index contributed by atoms with van der Waals surface area (Å²) < 4.78 is 5.81. The number of benzene rings is 1. The lowest BCUT2D eigenvalue weighted by Crippen LogP contribution is -2.15. The van der Waals surface area contributed by atoms with Crippen molar-refractivity contribution in [2.75, 3.05) is 5.43 Å². The highest BCUT2D eigenvalue weighted by Crippen LogP contribution is 2.30. The molecule has 2 aromatic rings. The Morgan fingerprint density at radius 2 is 1.86 bits per heavy atom. The minimum absolute atomic E-state index is 0.167. The smallest absolute Gasteiger partial charge is 0.227 e. The molecule has 0 saturated heterocycles. The van der Waals surface area contributed by atoms with Gasteiger partial charge in [-0.25, -0.2) is 15.8 Å². The number of hydrogen-bond donors (Lipinski definition) is 2. The van der Waals surface area contributed by atoms with Crippen LogP contribution in [0.5, 0.6) is 11.6 Å². The second kappa shape index (κ2) is 6.10. The Morgan fingerprint density at radius 3 is 2.43 bits per heavy atom. The van der Waals surface area contributed by atoms with E-state index in [-0.39, 0.29) is 5.41 Å². The van der Waals surface area contributed by atoms with Gasteiger partial charge in [-0.05, 0) is 36.5 Å². The van der Waals surface area contributed by atoms with Gasteiger partial charge in [-0.3, -0.25) is 0 Å². The third kappa shape index (κ3) is 3.31. The van der Waals surface area contributed by atoms with Gasteiger partial charge >= 0.3 is 0 Å². The zero-order valence-electron chi connectivity index (χ0n) is 13.0.